The molecular weight excluding hydrogens is 198 g/mol. The van der Waals surface area contributed by atoms with Crippen molar-refractivity contribution in [2.24, 2.45) is 5.92 Å². The van der Waals surface area contributed by atoms with Gasteiger partial charge in [-0.3, -0.25) is 4.90 Å². The molecule has 0 aromatic rings. The molecule has 2 heteroatoms. The van der Waals surface area contributed by atoms with Gasteiger partial charge in [0.15, 0.2) is 0 Å². The Balaban J connectivity index is 2.79. The van der Waals surface area contributed by atoms with Crippen molar-refractivity contribution in [3.05, 3.63) is 0 Å². The maximum Gasteiger partial charge on any atom is 0.0799 e. The summed E-state index contributed by atoms with van der Waals surface area (Å²) in [5.74, 6) is 0.531. The number of aliphatic hydroxyl groups is 1. The van der Waals surface area contributed by atoms with Crippen molar-refractivity contribution in [2.45, 2.75) is 71.4 Å². The van der Waals surface area contributed by atoms with E-state index >= 15 is 0 Å². The Bertz CT molecular complexity index is 193. The van der Waals surface area contributed by atoms with Crippen LogP contribution < -0.4 is 0 Å². The van der Waals surface area contributed by atoms with Gasteiger partial charge in [-0.05, 0) is 44.7 Å². The van der Waals surface area contributed by atoms with Crippen molar-refractivity contribution in [3.63, 3.8) is 0 Å². The first-order valence-corrected chi connectivity index (χ1v) is 7.01. The van der Waals surface area contributed by atoms with Crippen molar-refractivity contribution >= 4 is 0 Å². The van der Waals surface area contributed by atoms with Crippen LogP contribution in [0.1, 0.15) is 59.8 Å². The average molecular weight is 227 g/mol. The normalized spacial score (nSPS) is 21.4. The molecule has 1 N–H and O–H groups in total. The Labute approximate surface area is 101 Å². The third kappa shape index (κ3) is 2.98. The van der Waals surface area contributed by atoms with E-state index in [1.165, 1.54) is 32.4 Å². The molecule has 96 valence electrons. The monoisotopic (exact) mass is 227 g/mol. The van der Waals surface area contributed by atoms with E-state index in [0.717, 1.165) is 12.8 Å². The van der Waals surface area contributed by atoms with Crippen LogP contribution in [0.4, 0.5) is 0 Å². The summed E-state index contributed by atoms with van der Waals surface area (Å²) in [6.45, 7) is 11.1. The SMILES string of the molecule is CCC(O)(CC)[C@H](C(C)C)N1CCCCC1. The Morgan fingerprint density at radius 1 is 1.06 bits per heavy atom. The van der Waals surface area contributed by atoms with E-state index in [9.17, 15) is 5.11 Å². The van der Waals surface area contributed by atoms with Gasteiger partial charge >= 0.3 is 0 Å². The third-order valence-electron chi connectivity index (χ3n) is 4.19. The summed E-state index contributed by atoms with van der Waals surface area (Å²) in [6, 6.07) is 0.336. The third-order valence-corrected chi connectivity index (χ3v) is 4.19. The molecule has 0 amide bonds. The molecule has 0 aromatic carbocycles. The first-order chi connectivity index (χ1) is 7.55. The fraction of sp³-hybridized carbons (Fsp3) is 1.00. The van der Waals surface area contributed by atoms with Gasteiger partial charge in [0.1, 0.15) is 0 Å². The lowest BCUT2D eigenvalue weighted by atomic mass is 9.80. The molecule has 16 heavy (non-hydrogen) atoms. The maximum absolute atomic E-state index is 10.8. The molecule has 1 rings (SSSR count). The Kier molecular flexibility index (Phi) is 5.26. The molecule has 1 heterocycles. The summed E-state index contributed by atoms with van der Waals surface area (Å²) in [7, 11) is 0. The van der Waals surface area contributed by atoms with Crippen molar-refractivity contribution in [3.8, 4) is 0 Å². The van der Waals surface area contributed by atoms with Crippen molar-refractivity contribution in [1.82, 2.24) is 4.90 Å². The van der Waals surface area contributed by atoms with E-state index in [1.807, 2.05) is 0 Å². The van der Waals surface area contributed by atoms with Crippen LogP contribution in [0.2, 0.25) is 0 Å². The molecule has 0 unspecified atom stereocenters. The largest absolute Gasteiger partial charge is 0.388 e. The van der Waals surface area contributed by atoms with Gasteiger partial charge in [-0.1, -0.05) is 34.1 Å². The molecule has 1 aliphatic rings. The molecule has 1 fully saturated rings. The van der Waals surface area contributed by atoms with Crippen LogP contribution in [0.15, 0.2) is 0 Å². The average Bonchev–Trinajstić information content (AvgIpc) is 2.30. The zero-order valence-corrected chi connectivity index (χ0v) is 11.5. The molecule has 1 atom stereocenters. The molecule has 0 aliphatic carbocycles. The van der Waals surface area contributed by atoms with Crippen molar-refractivity contribution in [1.29, 1.82) is 0 Å². The summed E-state index contributed by atoms with van der Waals surface area (Å²) in [5, 5.41) is 10.8. The van der Waals surface area contributed by atoms with Gasteiger partial charge in [-0.25, -0.2) is 0 Å². The van der Waals surface area contributed by atoms with Crippen molar-refractivity contribution < 1.29 is 5.11 Å². The molecule has 0 spiro atoms. The van der Waals surface area contributed by atoms with Crippen molar-refractivity contribution in [2.75, 3.05) is 13.1 Å². The zero-order chi connectivity index (χ0) is 12.2. The fourth-order valence-electron chi connectivity index (χ4n) is 3.25. The summed E-state index contributed by atoms with van der Waals surface area (Å²) >= 11 is 0. The lowest BCUT2D eigenvalue weighted by Crippen LogP contribution is -2.56. The van der Waals surface area contributed by atoms with Gasteiger partial charge in [-0.2, -0.15) is 0 Å². The predicted molar refractivity (Wildman–Crippen MR) is 69.6 cm³/mol. The molecule has 0 saturated carbocycles. The van der Waals surface area contributed by atoms with E-state index < -0.39 is 5.60 Å². The number of rotatable bonds is 5. The summed E-state index contributed by atoms with van der Waals surface area (Å²) < 4.78 is 0. The predicted octanol–water partition coefficient (Wildman–Crippen LogP) is 3.05. The smallest absolute Gasteiger partial charge is 0.0799 e. The lowest BCUT2D eigenvalue weighted by Gasteiger charge is -2.46. The highest BCUT2D eigenvalue weighted by molar-refractivity contribution is 4.94. The number of hydrogen-bond donors (Lipinski definition) is 1. The minimum atomic E-state index is -0.495. The number of hydrogen-bond acceptors (Lipinski definition) is 2. The van der Waals surface area contributed by atoms with Crippen LogP contribution in [0.5, 0.6) is 0 Å². The summed E-state index contributed by atoms with van der Waals surface area (Å²) in [4.78, 5) is 2.53. The molecule has 1 aliphatic heterocycles. The zero-order valence-electron chi connectivity index (χ0n) is 11.5. The summed E-state index contributed by atoms with van der Waals surface area (Å²) in [6.07, 6.45) is 5.68. The molecule has 0 radical (unpaired) electrons. The fourth-order valence-corrected chi connectivity index (χ4v) is 3.25. The van der Waals surface area contributed by atoms with E-state index in [2.05, 4.69) is 32.6 Å². The Morgan fingerprint density at radius 3 is 1.94 bits per heavy atom. The van der Waals surface area contributed by atoms with Gasteiger partial charge in [0.25, 0.3) is 0 Å². The van der Waals surface area contributed by atoms with E-state index in [1.54, 1.807) is 0 Å². The first-order valence-electron chi connectivity index (χ1n) is 7.01. The van der Waals surface area contributed by atoms with Crippen LogP contribution in [-0.4, -0.2) is 34.7 Å². The van der Waals surface area contributed by atoms with Gasteiger partial charge in [0, 0.05) is 6.04 Å². The second-order valence-corrected chi connectivity index (χ2v) is 5.60. The van der Waals surface area contributed by atoms with Crippen LogP contribution in [-0.2, 0) is 0 Å². The highest BCUT2D eigenvalue weighted by Crippen LogP contribution is 2.31. The molecule has 0 aromatic heterocycles. The maximum atomic E-state index is 10.8. The topological polar surface area (TPSA) is 23.5 Å². The molecule has 2 nitrogen and oxygen atoms in total. The quantitative estimate of drug-likeness (QED) is 0.780. The van der Waals surface area contributed by atoms with Gasteiger partial charge < -0.3 is 5.11 Å². The standard InChI is InChI=1S/C14H29NO/c1-5-14(16,6-2)13(12(3)4)15-10-8-7-9-11-15/h12-13,16H,5-11H2,1-4H3/t13-/m0/s1. The van der Waals surface area contributed by atoms with Crippen LogP contribution in [0.25, 0.3) is 0 Å². The van der Waals surface area contributed by atoms with Crippen LogP contribution in [0.3, 0.4) is 0 Å². The van der Waals surface area contributed by atoms with Gasteiger partial charge in [0.05, 0.1) is 5.60 Å². The summed E-state index contributed by atoms with van der Waals surface area (Å²) in [5.41, 5.74) is -0.495. The first kappa shape index (κ1) is 14.0. The number of likely N-dealkylation sites (tertiary alicyclic amines) is 1. The van der Waals surface area contributed by atoms with Crippen LogP contribution >= 0.6 is 0 Å². The number of piperidine rings is 1. The minimum Gasteiger partial charge on any atom is -0.388 e. The minimum absolute atomic E-state index is 0.336. The number of nitrogens with zero attached hydrogens (tertiary/aromatic N) is 1. The van der Waals surface area contributed by atoms with Gasteiger partial charge in [-0.15, -0.1) is 0 Å². The molecule has 1 saturated heterocycles. The highest BCUT2D eigenvalue weighted by atomic mass is 16.3. The highest BCUT2D eigenvalue weighted by Gasteiger charge is 2.39. The van der Waals surface area contributed by atoms with Gasteiger partial charge in [0.2, 0.25) is 0 Å². The van der Waals surface area contributed by atoms with E-state index in [0.29, 0.717) is 12.0 Å². The van der Waals surface area contributed by atoms with E-state index in [4.69, 9.17) is 0 Å². The second kappa shape index (κ2) is 6.02. The Hall–Kier alpha value is -0.0800. The lowest BCUT2D eigenvalue weighted by molar-refractivity contribution is -0.0764. The molecular formula is C14H29NO. The second-order valence-electron chi connectivity index (χ2n) is 5.60. The Morgan fingerprint density at radius 2 is 1.56 bits per heavy atom. The molecule has 0 bridgehead atoms. The van der Waals surface area contributed by atoms with E-state index in [-0.39, 0.29) is 0 Å². The van der Waals surface area contributed by atoms with Crippen LogP contribution in [0, 0.1) is 5.92 Å².